The van der Waals surface area contributed by atoms with Crippen LogP contribution in [0.25, 0.3) is 0 Å². The van der Waals surface area contributed by atoms with Gasteiger partial charge in [-0.2, -0.15) is 0 Å². The van der Waals surface area contributed by atoms with E-state index in [0.29, 0.717) is 22.6 Å². The average molecular weight is 318 g/mol. The molecule has 118 valence electrons. The lowest BCUT2D eigenvalue weighted by atomic mass is 10.1. The molecule has 3 aromatic carbocycles. The zero-order valence-corrected chi connectivity index (χ0v) is 12.7. The lowest BCUT2D eigenvalue weighted by Gasteiger charge is -2.29. The minimum atomic E-state index is -1.64. The van der Waals surface area contributed by atoms with Crippen molar-refractivity contribution in [3.8, 4) is 11.5 Å². The topological polar surface area (TPSA) is 44.8 Å². The maximum atomic E-state index is 12.3. The summed E-state index contributed by atoms with van der Waals surface area (Å²) in [6, 6.07) is 25.3. The van der Waals surface area contributed by atoms with Gasteiger partial charge in [0, 0.05) is 0 Å². The molecule has 1 aliphatic heterocycles. The Morgan fingerprint density at radius 1 is 0.667 bits per heavy atom. The molecule has 4 nitrogen and oxygen atoms in total. The van der Waals surface area contributed by atoms with Crippen LogP contribution < -0.4 is 9.47 Å². The molecule has 0 aromatic heterocycles. The van der Waals surface area contributed by atoms with Crippen LogP contribution in [0.5, 0.6) is 11.5 Å². The second-order valence-corrected chi connectivity index (χ2v) is 5.32. The van der Waals surface area contributed by atoms with E-state index in [1.807, 2.05) is 42.5 Å². The van der Waals surface area contributed by atoms with Crippen LogP contribution in [0.3, 0.4) is 0 Å². The van der Waals surface area contributed by atoms with E-state index < -0.39 is 11.9 Å². The molecular formula is C20H14O4. The lowest BCUT2D eigenvalue weighted by molar-refractivity contribution is -0.272. The van der Waals surface area contributed by atoms with Crippen LogP contribution in [0.1, 0.15) is 15.9 Å². The molecule has 0 unspecified atom stereocenters. The molecule has 4 heteroatoms. The summed E-state index contributed by atoms with van der Waals surface area (Å²) < 4.78 is 17.5. The largest absolute Gasteiger partial charge is 0.450 e. The Labute approximate surface area is 139 Å². The highest BCUT2D eigenvalue weighted by Gasteiger charge is 2.51. The first-order chi connectivity index (χ1) is 11.8. The van der Waals surface area contributed by atoms with Crippen molar-refractivity contribution in [3.05, 3.63) is 96.1 Å². The average Bonchev–Trinajstić information content (AvgIpc) is 2.89. The van der Waals surface area contributed by atoms with Crippen LogP contribution in [-0.4, -0.2) is 5.97 Å². The Morgan fingerprint density at radius 3 is 1.75 bits per heavy atom. The lowest BCUT2D eigenvalue weighted by Crippen LogP contribution is -2.39. The molecule has 24 heavy (non-hydrogen) atoms. The Balaban J connectivity index is 1.80. The number of carbonyl (C=O) groups excluding carboxylic acids is 1. The molecule has 3 aromatic rings. The van der Waals surface area contributed by atoms with Crippen molar-refractivity contribution in [2.24, 2.45) is 0 Å². The number of hydrogen-bond donors (Lipinski definition) is 0. The minimum absolute atomic E-state index is 0.435. The van der Waals surface area contributed by atoms with E-state index >= 15 is 0 Å². The number of para-hydroxylation sites is 2. The molecule has 0 saturated heterocycles. The summed E-state index contributed by atoms with van der Waals surface area (Å²) in [5.74, 6) is -1.04. The van der Waals surface area contributed by atoms with Crippen molar-refractivity contribution >= 4 is 5.97 Å². The van der Waals surface area contributed by atoms with Crippen molar-refractivity contribution < 1.29 is 19.0 Å². The van der Waals surface area contributed by atoms with E-state index in [0.717, 1.165) is 0 Å². The fourth-order valence-electron chi connectivity index (χ4n) is 2.62. The first kappa shape index (κ1) is 14.3. The van der Waals surface area contributed by atoms with Crippen molar-refractivity contribution in [1.82, 2.24) is 0 Å². The van der Waals surface area contributed by atoms with Gasteiger partial charge in [-0.05, 0) is 36.4 Å². The summed E-state index contributed by atoms with van der Waals surface area (Å²) >= 11 is 0. The van der Waals surface area contributed by atoms with E-state index in [9.17, 15) is 4.79 Å². The van der Waals surface area contributed by atoms with Crippen LogP contribution in [0.4, 0.5) is 0 Å². The molecule has 0 fully saturated rings. The zero-order chi connectivity index (χ0) is 16.4. The van der Waals surface area contributed by atoms with Gasteiger partial charge in [0.2, 0.25) is 0 Å². The SMILES string of the molecule is O=C1OC(Oc2ccccc2)(Oc2ccccc2)c2ccccc21. The molecule has 0 bridgehead atoms. The number of esters is 1. The molecule has 0 atom stereocenters. The summed E-state index contributed by atoms with van der Waals surface area (Å²) in [4.78, 5) is 12.3. The van der Waals surface area contributed by atoms with Gasteiger partial charge in [-0.25, -0.2) is 4.79 Å². The zero-order valence-electron chi connectivity index (χ0n) is 12.7. The van der Waals surface area contributed by atoms with Gasteiger partial charge in [0.05, 0.1) is 11.1 Å². The highest BCUT2D eigenvalue weighted by molar-refractivity contribution is 5.94. The highest BCUT2D eigenvalue weighted by atomic mass is 16.9. The standard InChI is InChI=1S/C20H14O4/c21-19-17-13-7-8-14-18(17)20(24-19,22-15-9-3-1-4-10-15)23-16-11-5-2-6-12-16/h1-14H. The molecule has 0 amide bonds. The van der Waals surface area contributed by atoms with Gasteiger partial charge in [0.15, 0.2) is 0 Å². The summed E-state index contributed by atoms with van der Waals surface area (Å²) in [5.41, 5.74) is 0.979. The van der Waals surface area contributed by atoms with Gasteiger partial charge in [-0.1, -0.05) is 48.5 Å². The molecule has 1 heterocycles. The van der Waals surface area contributed by atoms with E-state index in [1.165, 1.54) is 0 Å². The number of carbonyl (C=O) groups is 1. The summed E-state index contributed by atoms with van der Waals surface area (Å²) in [7, 11) is 0. The van der Waals surface area contributed by atoms with E-state index in [-0.39, 0.29) is 0 Å². The van der Waals surface area contributed by atoms with Crippen LogP contribution in [0.15, 0.2) is 84.9 Å². The van der Waals surface area contributed by atoms with E-state index in [4.69, 9.17) is 14.2 Å². The van der Waals surface area contributed by atoms with Crippen LogP contribution in [0.2, 0.25) is 0 Å². The van der Waals surface area contributed by atoms with Crippen molar-refractivity contribution in [3.63, 3.8) is 0 Å². The third-order valence-corrected chi connectivity index (χ3v) is 3.69. The maximum Gasteiger partial charge on any atom is 0.450 e. The number of cyclic esters (lactones) is 1. The first-order valence-corrected chi connectivity index (χ1v) is 7.58. The monoisotopic (exact) mass is 318 g/mol. The predicted octanol–water partition coefficient (Wildman–Crippen LogP) is 4.13. The van der Waals surface area contributed by atoms with Gasteiger partial charge < -0.3 is 14.2 Å². The fraction of sp³-hybridized carbons (Fsp3) is 0.0500. The van der Waals surface area contributed by atoms with Gasteiger partial charge in [0.25, 0.3) is 0 Å². The Morgan fingerprint density at radius 2 is 1.17 bits per heavy atom. The minimum Gasteiger partial charge on any atom is -0.417 e. The van der Waals surface area contributed by atoms with Crippen molar-refractivity contribution in [2.45, 2.75) is 5.97 Å². The Kier molecular flexibility index (Phi) is 3.43. The number of benzene rings is 3. The Hall–Kier alpha value is -3.27. The predicted molar refractivity (Wildman–Crippen MR) is 87.7 cm³/mol. The van der Waals surface area contributed by atoms with Crippen LogP contribution >= 0.6 is 0 Å². The van der Waals surface area contributed by atoms with Gasteiger partial charge in [0.1, 0.15) is 11.5 Å². The molecule has 0 saturated carbocycles. The Bertz CT molecular complexity index is 818. The van der Waals surface area contributed by atoms with Crippen molar-refractivity contribution in [1.29, 1.82) is 0 Å². The highest BCUT2D eigenvalue weighted by Crippen LogP contribution is 2.40. The number of fused-ring (bicyclic) bond motifs is 1. The van der Waals surface area contributed by atoms with E-state index in [1.54, 1.807) is 42.5 Å². The number of ether oxygens (including phenoxy) is 3. The second-order valence-electron chi connectivity index (χ2n) is 5.32. The van der Waals surface area contributed by atoms with Crippen LogP contribution in [0, 0.1) is 0 Å². The third-order valence-electron chi connectivity index (χ3n) is 3.69. The third kappa shape index (κ3) is 2.48. The van der Waals surface area contributed by atoms with Gasteiger partial charge >= 0.3 is 11.9 Å². The van der Waals surface area contributed by atoms with Crippen molar-refractivity contribution in [2.75, 3.05) is 0 Å². The maximum absolute atomic E-state index is 12.3. The normalized spacial score (nSPS) is 14.6. The van der Waals surface area contributed by atoms with Gasteiger partial charge in [-0.3, -0.25) is 0 Å². The van der Waals surface area contributed by atoms with E-state index in [2.05, 4.69) is 0 Å². The first-order valence-electron chi connectivity index (χ1n) is 7.58. The van der Waals surface area contributed by atoms with Gasteiger partial charge in [-0.15, -0.1) is 0 Å². The molecule has 0 radical (unpaired) electrons. The molecular weight excluding hydrogens is 304 g/mol. The summed E-state index contributed by atoms with van der Waals surface area (Å²) in [5, 5.41) is 0. The number of rotatable bonds is 4. The molecule has 0 aliphatic carbocycles. The van der Waals surface area contributed by atoms with Crippen LogP contribution in [-0.2, 0) is 10.7 Å². The summed E-state index contributed by atoms with van der Waals surface area (Å²) in [6.07, 6.45) is 0. The second kappa shape index (κ2) is 5.74. The molecule has 0 spiro atoms. The molecule has 4 rings (SSSR count). The fourth-order valence-corrected chi connectivity index (χ4v) is 2.62. The number of hydrogen-bond acceptors (Lipinski definition) is 4. The molecule has 1 aliphatic rings. The smallest absolute Gasteiger partial charge is 0.417 e. The molecule has 0 N–H and O–H groups in total. The quantitative estimate of drug-likeness (QED) is 0.536. The summed E-state index contributed by atoms with van der Waals surface area (Å²) in [6.45, 7) is 0.